The summed E-state index contributed by atoms with van der Waals surface area (Å²) in [6, 6.07) is -0.123. The molecule has 0 aromatic heterocycles. The van der Waals surface area contributed by atoms with Crippen LogP contribution in [0.4, 0.5) is 4.79 Å². The van der Waals surface area contributed by atoms with Crippen molar-refractivity contribution in [2.45, 2.75) is 20.3 Å². The van der Waals surface area contributed by atoms with Crippen LogP contribution in [0.15, 0.2) is 0 Å². The predicted molar refractivity (Wildman–Crippen MR) is 57.0 cm³/mol. The van der Waals surface area contributed by atoms with Gasteiger partial charge in [0, 0.05) is 20.1 Å². The van der Waals surface area contributed by atoms with Gasteiger partial charge in [-0.1, -0.05) is 20.3 Å². The molecule has 0 heterocycles. The lowest BCUT2D eigenvalue weighted by molar-refractivity contribution is 0.241. The molecule has 4 heteroatoms. The lowest BCUT2D eigenvalue weighted by Crippen LogP contribution is -2.37. The van der Waals surface area contributed by atoms with Gasteiger partial charge in [0.25, 0.3) is 0 Å². The van der Waals surface area contributed by atoms with Crippen LogP contribution in [-0.2, 0) is 0 Å². The van der Waals surface area contributed by atoms with E-state index in [9.17, 15) is 4.79 Å². The van der Waals surface area contributed by atoms with Crippen LogP contribution in [0, 0.1) is 0 Å². The fraction of sp³-hybridized carbons (Fsp3) is 0.889. The van der Waals surface area contributed by atoms with Crippen molar-refractivity contribution >= 4 is 6.03 Å². The maximum atomic E-state index is 10.6. The maximum Gasteiger partial charge on any atom is 0.314 e. The van der Waals surface area contributed by atoms with E-state index >= 15 is 0 Å². The number of hydrogen-bond acceptors (Lipinski definition) is 2. The van der Waals surface area contributed by atoms with Gasteiger partial charge in [-0.2, -0.15) is 0 Å². The number of amides is 2. The predicted octanol–water partition coefficient (Wildman–Crippen LogP) is 0.893. The number of urea groups is 1. The molecule has 0 spiro atoms. The smallest absolute Gasteiger partial charge is 0.314 e. The molecular weight excluding hydrogens is 166 g/mol. The van der Waals surface area contributed by atoms with Crippen molar-refractivity contribution in [3.63, 3.8) is 0 Å². The summed E-state index contributed by atoms with van der Waals surface area (Å²) in [7, 11) is 5.53. The molecule has 80 valence electrons. The van der Waals surface area contributed by atoms with E-state index in [-0.39, 0.29) is 6.03 Å². The number of hydrogen-bond donors (Lipinski definition) is 2. The average molecular weight is 189 g/mol. The molecule has 0 aromatic rings. The molecule has 0 aliphatic heterocycles. The Balaban J connectivity index is 0. The van der Waals surface area contributed by atoms with Crippen LogP contribution in [0.2, 0.25) is 0 Å². The second kappa shape index (κ2) is 11.2. The highest BCUT2D eigenvalue weighted by atomic mass is 16.2. The third kappa shape index (κ3) is 18.3. The lowest BCUT2D eigenvalue weighted by Gasteiger charge is -2.09. The van der Waals surface area contributed by atoms with Gasteiger partial charge in [-0.25, -0.2) is 4.79 Å². The Morgan fingerprint density at radius 2 is 1.77 bits per heavy atom. The van der Waals surface area contributed by atoms with E-state index in [0.717, 1.165) is 6.54 Å². The van der Waals surface area contributed by atoms with Gasteiger partial charge in [-0.15, -0.1) is 0 Å². The minimum Gasteiger partial charge on any atom is -0.341 e. The second-order valence-electron chi connectivity index (χ2n) is 3.02. The third-order valence-electron chi connectivity index (χ3n) is 1.07. The zero-order valence-electron chi connectivity index (χ0n) is 9.48. The first-order chi connectivity index (χ1) is 6.08. The van der Waals surface area contributed by atoms with Gasteiger partial charge in [0.05, 0.1) is 0 Å². The van der Waals surface area contributed by atoms with Crippen molar-refractivity contribution < 1.29 is 4.79 Å². The van der Waals surface area contributed by atoms with Crippen molar-refractivity contribution in [2.24, 2.45) is 0 Å². The van der Waals surface area contributed by atoms with Crippen molar-refractivity contribution in [1.29, 1.82) is 0 Å². The van der Waals surface area contributed by atoms with Crippen LogP contribution in [0.5, 0.6) is 0 Å². The Morgan fingerprint density at radius 1 is 1.31 bits per heavy atom. The first kappa shape index (κ1) is 14.7. The number of carbonyl (C=O) groups excluding carboxylic acids is 1. The number of nitrogens with one attached hydrogen (secondary N) is 2. The van der Waals surface area contributed by atoms with Gasteiger partial charge < -0.3 is 15.5 Å². The van der Waals surface area contributed by atoms with E-state index in [1.165, 1.54) is 6.42 Å². The molecule has 0 fully saturated rings. The van der Waals surface area contributed by atoms with Crippen LogP contribution in [-0.4, -0.2) is 45.2 Å². The second-order valence-corrected chi connectivity index (χ2v) is 3.02. The van der Waals surface area contributed by atoms with Gasteiger partial charge in [0.1, 0.15) is 0 Å². The zero-order chi connectivity index (χ0) is 10.7. The number of likely N-dealkylation sites (N-methyl/N-ethyl adjacent to an activating group) is 1. The molecule has 0 bridgehead atoms. The molecule has 0 saturated carbocycles. The largest absolute Gasteiger partial charge is 0.341 e. The van der Waals surface area contributed by atoms with Gasteiger partial charge in [0.15, 0.2) is 0 Å². The molecule has 0 radical (unpaired) electrons. The van der Waals surface area contributed by atoms with E-state index < -0.39 is 0 Å². The minimum absolute atomic E-state index is 0.123. The number of nitrogens with zero attached hydrogens (tertiary/aromatic N) is 1. The Morgan fingerprint density at radius 3 is 2.08 bits per heavy atom. The Hall–Kier alpha value is -0.770. The average Bonchev–Trinajstić information content (AvgIpc) is 2.05. The topological polar surface area (TPSA) is 44.4 Å². The minimum atomic E-state index is -0.123. The summed E-state index contributed by atoms with van der Waals surface area (Å²) in [4.78, 5) is 12.6. The molecule has 0 rings (SSSR count). The summed E-state index contributed by atoms with van der Waals surface area (Å²) in [5.41, 5.74) is 0. The zero-order valence-corrected chi connectivity index (χ0v) is 9.48. The summed E-state index contributed by atoms with van der Waals surface area (Å²) in [5.74, 6) is 0. The highest BCUT2D eigenvalue weighted by Gasteiger charge is 1.93. The van der Waals surface area contributed by atoms with Crippen LogP contribution >= 0.6 is 0 Å². The maximum absolute atomic E-state index is 10.6. The number of rotatable bonds is 3. The Labute approximate surface area is 81.7 Å². The molecule has 0 saturated heterocycles. The van der Waals surface area contributed by atoms with Gasteiger partial charge in [-0.3, -0.25) is 0 Å². The summed E-state index contributed by atoms with van der Waals surface area (Å²) in [5, 5.41) is 5.14. The molecule has 0 aromatic carbocycles. The normalized spacial score (nSPS) is 8.77. The van der Waals surface area contributed by atoms with Crippen molar-refractivity contribution in [1.82, 2.24) is 15.5 Å². The van der Waals surface area contributed by atoms with Crippen molar-refractivity contribution in [2.75, 3.05) is 34.2 Å². The molecule has 2 amide bonds. The first-order valence-corrected chi connectivity index (χ1v) is 4.68. The Kier molecular flexibility index (Phi) is 12.7. The fourth-order valence-corrected chi connectivity index (χ4v) is 0.481. The van der Waals surface area contributed by atoms with E-state index in [1.807, 2.05) is 19.0 Å². The monoisotopic (exact) mass is 189 g/mol. The molecule has 0 unspecified atom stereocenters. The molecule has 13 heavy (non-hydrogen) atoms. The van der Waals surface area contributed by atoms with Crippen LogP contribution in [0.1, 0.15) is 20.3 Å². The molecule has 4 nitrogen and oxygen atoms in total. The van der Waals surface area contributed by atoms with E-state index in [0.29, 0.717) is 6.54 Å². The molecular formula is C9H23N3O. The summed E-state index contributed by atoms with van der Waals surface area (Å²) in [6.07, 6.45) is 1.25. The highest BCUT2D eigenvalue weighted by Crippen LogP contribution is 1.69. The van der Waals surface area contributed by atoms with E-state index in [4.69, 9.17) is 0 Å². The van der Waals surface area contributed by atoms with E-state index in [2.05, 4.69) is 24.5 Å². The number of carbonyl (C=O) groups is 1. The third-order valence-corrected chi connectivity index (χ3v) is 1.07. The molecule has 2 N–H and O–H groups in total. The van der Waals surface area contributed by atoms with Gasteiger partial charge in [0.2, 0.25) is 0 Å². The quantitative estimate of drug-likeness (QED) is 0.692. The van der Waals surface area contributed by atoms with Crippen molar-refractivity contribution in [3.05, 3.63) is 0 Å². The lowest BCUT2D eigenvalue weighted by atomic mass is 10.6. The summed E-state index contributed by atoms with van der Waals surface area (Å²) in [6.45, 7) is 5.81. The van der Waals surface area contributed by atoms with Crippen molar-refractivity contribution in [3.8, 4) is 0 Å². The SMILES string of the molecule is CCC.CNC(=O)NCCN(C)C. The van der Waals surface area contributed by atoms with Crippen LogP contribution in [0.3, 0.4) is 0 Å². The Bertz CT molecular complexity index is 115. The standard InChI is InChI=1S/C6H15N3O.C3H8/c1-7-6(10)8-4-5-9(2)3;1-3-2/h4-5H2,1-3H3,(H2,7,8,10);3H2,1-2H3. The summed E-state index contributed by atoms with van der Waals surface area (Å²) >= 11 is 0. The summed E-state index contributed by atoms with van der Waals surface area (Å²) < 4.78 is 0. The molecule has 0 aliphatic carbocycles. The fourth-order valence-electron chi connectivity index (χ4n) is 0.481. The first-order valence-electron chi connectivity index (χ1n) is 4.68. The van der Waals surface area contributed by atoms with Gasteiger partial charge in [-0.05, 0) is 14.1 Å². The molecule has 0 atom stereocenters. The van der Waals surface area contributed by atoms with Crippen LogP contribution < -0.4 is 10.6 Å². The van der Waals surface area contributed by atoms with Gasteiger partial charge >= 0.3 is 6.03 Å². The molecule has 0 aliphatic rings. The van der Waals surface area contributed by atoms with Crippen LogP contribution in [0.25, 0.3) is 0 Å². The van der Waals surface area contributed by atoms with E-state index in [1.54, 1.807) is 7.05 Å². The highest BCUT2D eigenvalue weighted by molar-refractivity contribution is 5.73.